The fourth-order valence-corrected chi connectivity index (χ4v) is 7.34. The lowest BCUT2D eigenvalue weighted by atomic mass is 9.61. The van der Waals surface area contributed by atoms with Crippen LogP contribution in [0.4, 0.5) is 0 Å². The van der Waals surface area contributed by atoms with E-state index in [2.05, 4.69) is 39.0 Å². The Morgan fingerprint density at radius 3 is 2.55 bits per heavy atom. The van der Waals surface area contributed by atoms with Crippen molar-refractivity contribution in [1.82, 2.24) is 0 Å². The zero-order chi connectivity index (χ0) is 22.8. The van der Waals surface area contributed by atoms with E-state index in [0.29, 0.717) is 30.6 Å². The number of hydrogen-bond donors (Lipinski definition) is 3. The first-order valence-corrected chi connectivity index (χ1v) is 12.4. The van der Waals surface area contributed by atoms with Gasteiger partial charge in [-0.2, -0.15) is 0 Å². The van der Waals surface area contributed by atoms with Crippen molar-refractivity contribution in [2.75, 3.05) is 0 Å². The Hall–Kier alpha value is -0.970. The van der Waals surface area contributed by atoms with Crippen molar-refractivity contribution in [1.29, 1.82) is 0 Å². The molecule has 4 nitrogen and oxygen atoms in total. The maximum absolute atomic E-state index is 12.5. The Morgan fingerprint density at radius 2 is 1.94 bits per heavy atom. The van der Waals surface area contributed by atoms with E-state index in [-0.39, 0.29) is 23.5 Å². The fourth-order valence-electron chi connectivity index (χ4n) is 7.34. The van der Waals surface area contributed by atoms with Crippen molar-refractivity contribution in [2.24, 2.45) is 34.5 Å². The van der Waals surface area contributed by atoms with Crippen LogP contribution in [0.25, 0.3) is 0 Å². The highest BCUT2D eigenvalue weighted by molar-refractivity contribution is 5.96. The molecular formula is C27H42O4. The van der Waals surface area contributed by atoms with Crippen LogP contribution < -0.4 is 0 Å². The summed E-state index contributed by atoms with van der Waals surface area (Å²) in [5.41, 5.74) is -0.631. The molecule has 4 saturated carbocycles. The van der Waals surface area contributed by atoms with Crippen LogP contribution in [0.15, 0.2) is 23.8 Å². The van der Waals surface area contributed by atoms with Crippen LogP contribution in [0.3, 0.4) is 0 Å². The molecule has 0 saturated heterocycles. The molecule has 0 aromatic carbocycles. The molecule has 4 heteroatoms. The van der Waals surface area contributed by atoms with Crippen LogP contribution in [0.5, 0.6) is 0 Å². The highest BCUT2D eigenvalue weighted by atomic mass is 16.3. The van der Waals surface area contributed by atoms with Crippen molar-refractivity contribution in [3.8, 4) is 0 Å². The summed E-state index contributed by atoms with van der Waals surface area (Å²) in [4.78, 5) is 12.5. The van der Waals surface area contributed by atoms with Gasteiger partial charge in [0, 0.05) is 12.3 Å². The van der Waals surface area contributed by atoms with Crippen molar-refractivity contribution in [3.63, 3.8) is 0 Å². The monoisotopic (exact) mass is 430 g/mol. The van der Waals surface area contributed by atoms with Crippen molar-refractivity contribution >= 4 is 5.78 Å². The van der Waals surface area contributed by atoms with Gasteiger partial charge in [0.1, 0.15) is 6.10 Å². The third kappa shape index (κ3) is 3.67. The van der Waals surface area contributed by atoms with E-state index in [1.54, 1.807) is 0 Å². The summed E-state index contributed by atoms with van der Waals surface area (Å²) in [5.74, 6) is 1.63. The molecule has 4 fully saturated rings. The minimum Gasteiger partial charge on any atom is -0.390 e. The van der Waals surface area contributed by atoms with Gasteiger partial charge in [0.25, 0.3) is 0 Å². The van der Waals surface area contributed by atoms with Crippen molar-refractivity contribution in [2.45, 2.75) is 103 Å². The predicted octanol–water partition coefficient (Wildman–Crippen LogP) is 4.57. The topological polar surface area (TPSA) is 77.8 Å². The van der Waals surface area contributed by atoms with E-state index in [4.69, 9.17) is 0 Å². The second kappa shape index (κ2) is 7.53. The molecule has 8 atom stereocenters. The number of carbonyl (C=O) groups is 1. The zero-order valence-corrected chi connectivity index (χ0v) is 20.0. The molecule has 0 aromatic rings. The van der Waals surface area contributed by atoms with Gasteiger partial charge < -0.3 is 15.3 Å². The van der Waals surface area contributed by atoms with E-state index >= 15 is 0 Å². The molecule has 0 bridgehead atoms. The molecular weight excluding hydrogens is 388 g/mol. The highest BCUT2D eigenvalue weighted by Crippen LogP contribution is 2.67. The molecule has 174 valence electrons. The summed E-state index contributed by atoms with van der Waals surface area (Å²) in [6, 6.07) is 0. The van der Waals surface area contributed by atoms with E-state index < -0.39 is 22.7 Å². The number of Topliss-reactive ketones (excluding diaryl/α,β-unsaturated/α-hetero) is 1. The number of ketones is 1. The van der Waals surface area contributed by atoms with Crippen LogP contribution >= 0.6 is 0 Å². The number of hydrogen-bond acceptors (Lipinski definition) is 4. The lowest BCUT2D eigenvalue weighted by Crippen LogP contribution is -2.36. The quantitative estimate of drug-likeness (QED) is 0.539. The van der Waals surface area contributed by atoms with Crippen molar-refractivity contribution < 1.29 is 20.1 Å². The SMILES string of the molecule is C[C@H](/C=C/[C@H](C)C(C)(C)O)[C@H]1CC[C@H]2/C(=C/CC34C[C@]3(O)C[C@H](O)C4=O)CCC[C@]12C. The van der Waals surface area contributed by atoms with E-state index in [1.165, 1.54) is 31.3 Å². The average Bonchev–Trinajstić information content (AvgIpc) is 3.01. The number of fused-ring (bicyclic) bond motifs is 2. The van der Waals surface area contributed by atoms with Gasteiger partial charge in [0.05, 0.1) is 16.6 Å². The Morgan fingerprint density at radius 1 is 1.23 bits per heavy atom. The second-order valence-corrected chi connectivity index (χ2v) is 12.1. The standard InChI is InChI=1S/C27H42O4/c1-17(8-9-18(2)24(3,4)30)20-10-11-21-19(7-6-13-25(20,21)5)12-14-26-16-27(26,31)15-22(28)23(26)29/h8-9,12,17-18,20-22,28,30-31H,6-7,10-11,13-16H2,1-5H3/b9-8+,19-12+/t17-,18+,20-,21+,22+,25-,26?,27-/m1/s1. The molecule has 0 radical (unpaired) electrons. The summed E-state index contributed by atoms with van der Waals surface area (Å²) in [6.45, 7) is 10.6. The van der Waals surface area contributed by atoms with Gasteiger partial charge in [0.15, 0.2) is 5.78 Å². The summed E-state index contributed by atoms with van der Waals surface area (Å²) in [7, 11) is 0. The first kappa shape index (κ1) is 23.2. The highest BCUT2D eigenvalue weighted by Gasteiger charge is 2.76. The minimum absolute atomic E-state index is 0.123. The molecule has 0 aromatic heterocycles. The van der Waals surface area contributed by atoms with Gasteiger partial charge in [-0.1, -0.05) is 44.6 Å². The summed E-state index contributed by atoms with van der Waals surface area (Å²) >= 11 is 0. The van der Waals surface area contributed by atoms with Crippen molar-refractivity contribution in [3.05, 3.63) is 23.8 Å². The Bertz CT molecular complexity index is 792. The van der Waals surface area contributed by atoms with Crippen LogP contribution in [-0.4, -0.2) is 38.4 Å². The van der Waals surface area contributed by atoms with Gasteiger partial charge >= 0.3 is 0 Å². The predicted molar refractivity (Wildman–Crippen MR) is 122 cm³/mol. The molecule has 0 spiro atoms. The van der Waals surface area contributed by atoms with Gasteiger partial charge in [0.2, 0.25) is 0 Å². The van der Waals surface area contributed by atoms with Gasteiger partial charge in [-0.25, -0.2) is 0 Å². The number of aliphatic hydroxyl groups excluding tert-OH is 1. The number of aliphatic hydroxyl groups is 3. The minimum atomic E-state index is -0.983. The third-order valence-electron chi connectivity index (χ3n) is 9.87. The average molecular weight is 431 g/mol. The number of allylic oxidation sites excluding steroid dienone is 3. The van der Waals surface area contributed by atoms with Gasteiger partial charge in [-0.05, 0) is 82.0 Å². The molecule has 31 heavy (non-hydrogen) atoms. The Labute approximate surface area is 187 Å². The first-order valence-electron chi connectivity index (χ1n) is 12.4. The van der Waals surface area contributed by atoms with E-state index in [1.807, 2.05) is 13.8 Å². The summed E-state index contributed by atoms with van der Waals surface area (Å²) in [5, 5.41) is 30.9. The smallest absolute Gasteiger partial charge is 0.170 e. The second-order valence-electron chi connectivity index (χ2n) is 12.1. The lowest BCUT2D eigenvalue weighted by Gasteiger charge is -2.44. The Kier molecular flexibility index (Phi) is 5.64. The number of carbonyl (C=O) groups excluding carboxylic acids is 1. The van der Waals surface area contributed by atoms with Gasteiger partial charge in [-0.15, -0.1) is 0 Å². The van der Waals surface area contributed by atoms with E-state index in [0.717, 1.165) is 6.42 Å². The fraction of sp³-hybridized carbons (Fsp3) is 0.815. The van der Waals surface area contributed by atoms with E-state index in [9.17, 15) is 20.1 Å². The summed E-state index contributed by atoms with van der Waals surface area (Å²) in [6.07, 6.45) is 13.0. The van der Waals surface area contributed by atoms with Crippen LogP contribution in [0, 0.1) is 34.5 Å². The molecule has 4 aliphatic carbocycles. The lowest BCUT2D eigenvalue weighted by molar-refractivity contribution is -0.130. The van der Waals surface area contributed by atoms with Gasteiger partial charge in [-0.3, -0.25) is 4.79 Å². The molecule has 0 amide bonds. The maximum atomic E-state index is 12.5. The van der Waals surface area contributed by atoms with Crippen LogP contribution in [-0.2, 0) is 4.79 Å². The van der Waals surface area contributed by atoms with Crippen LogP contribution in [0.1, 0.15) is 86.0 Å². The molecule has 3 N–H and O–H groups in total. The third-order valence-corrected chi connectivity index (χ3v) is 9.87. The molecule has 1 unspecified atom stereocenters. The zero-order valence-electron chi connectivity index (χ0n) is 20.0. The maximum Gasteiger partial charge on any atom is 0.170 e. The number of rotatable bonds is 6. The largest absolute Gasteiger partial charge is 0.390 e. The molecule has 4 rings (SSSR count). The Balaban J connectivity index is 1.48. The normalized spacial score (nSPS) is 45.7. The molecule has 4 aliphatic rings. The first-order chi connectivity index (χ1) is 14.3. The van der Waals surface area contributed by atoms with Crippen LogP contribution in [0.2, 0.25) is 0 Å². The molecule has 0 heterocycles. The summed E-state index contributed by atoms with van der Waals surface area (Å²) < 4.78 is 0. The molecule has 0 aliphatic heterocycles.